The summed E-state index contributed by atoms with van der Waals surface area (Å²) in [6, 6.07) is -0.225. The third-order valence-corrected chi connectivity index (χ3v) is 1.84. The zero-order valence-electron chi connectivity index (χ0n) is 7.51. The van der Waals surface area contributed by atoms with E-state index in [0.717, 1.165) is 5.69 Å². The van der Waals surface area contributed by atoms with Crippen molar-refractivity contribution in [3.63, 3.8) is 0 Å². The van der Waals surface area contributed by atoms with E-state index in [0.29, 0.717) is 11.4 Å². The van der Waals surface area contributed by atoms with Crippen LogP contribution >= 0.6 is 0 Å². The van der Waals surface area contributed by atoms with E-state index < -0.39 is 0 Å². The van der Waals surface area contributed by atoms with Gasteiger partial charge in [0, 0.05) is 11.3 Å². The zero-order chi connectivity index (χ0) is 9.30. The maximum atomic E-state index is 11.2. The Labute approximate surface area is 70.8 Å². The molecule has 1 rings (SSSR count). The van der Waals surface area contributed by atoms with Gasteiger partial charge < -0.3 is 10.7 Å². The molecule has 0 saturated carbocycles. The molecule has 0 spiro atoms. The number of rotatable bonds is 1. The molecule has 0 aliphatic heterocycles. The van der Waals surface area contributed by atoms with Crippen LogP contribution < -0.4 is 11.3 Å². The van der Waals surface area contributed by atoms with Crippen LogP contribution in [0.2, 0.25) is 0 Å². The Morgan fingerprint density at radius 2 is 2.08 bits per heavy atom. The molecule has 1 atom stereocenters. The van der Waals surface area contributed by atoms with Gasteiger partial charge >= 0.3 is 0 Å². The highest BCUT2D eigenvalue weighted by atomic mass is 16.1. The van der Waals surface area contributed by atoms with Gasteiger partial charge in [-0.3, -0.25) is 4.79 Å². The van der Waals surface area contributed by atoms with E-state index in [2.05, 4.69) is 9.97 Å². The zero-order valence-corrected chi connectivity index (χ0v) is 7.51. The Balaban J connectivity index is 3.31. The van der Waals surface area contributed by atoms with Crippen LogP contribution in [0.15, 0.2) is 4.79 Å². The van der Waals surface area contributed by atoms with Crippen molar-refractivity contribution in [2.45, 2.75) is 26.8 Å². The minimum Gasteiger partial charge on any atom is -0.322 e. The Morgan fingerprint density at radius 1 is 1.50 bits per heavy atom. The topological polar surface area (TPSA) is 71.8 Å². The summed E-state index contributed by atoms with van der Waals surface area (Å²) in [5, 5.41) is 0. The van der Waals surface area contributed by atoms with E-state index in [4.69, 9.17) is 5.73 Å². The van der Waals surface area contributed by atoms with Crippen LogP contribution in [0.25, 0.3) is 0 Å². The van der Waals surface area contributed by atoms with Crippen molar-refractivity contribution >= 4 is 0 Å². The van der Waals surface area contributed by atoms with Crippen LogP contribution in [-0.2, 0) is 0 Å². The summed E-state index contributed by atoms with van der Waals surface area (Å²) in [5.74, 6) is 0.545. The second-order valence-electron chi connectivity index (χ2n) is 2.95. The number of H-pyrrole nitrogens is 1. The van der Waals surface area contributed by atoms with E-state index >= 15 is 0 Å². The summed E-state index contributed by atoms with van der Waals surface area (Å²) in [5.41, 5.74) is 6.86. The minimum absolute atomic E-state index is 0.102. The molecule has 4 nitrogen and oxygen atoms in total. The third kappa shape index (κ3) is 1.53. The second kappa shape index (κ2) is 3.06. The standard InChI is InChI=1S/C8H13N3O/c1-4-6(3)10-7(5(2)9)11-8(4)12/h5H,9H2,1-3H3,(H,10,11,12). The maximum Gasteiger partial charge on any atom is 0.254 e. The highest BCUT2D eigenvalue weighted by Gasteiger charge is 2.05. The number of hydrogen-bond acceptors (Lipinski definition) is 3. The van der Waals surface area contributed by atoms with E-state index in [-0.39, 0.29) is 11.6 Å². The first-order chi connectivity index (χ1) is 5.52. The van der Waals surface area contributed by atoms with Crippen molar-refractivity contribution in [1.82, 2.24) is 9.97 Å². The summed E-state index contributed by atoms with van der Waals surface area (Å²) >= 11 is 0. The summed E-state index contributed by atoms with van der Waals surface area (Å²) in [4.78, 5) is 18.0. The molecule has 0 aliphatic carbocycles. The van der Waals surface area contributed by atoms with Crippen molar-refractivity contribution in [2.75, 3.05) is 0 Å². The Bertz CT molecular complexity index is 341. The molecule has 0 radical (unpaired) electrons. The van der Waals surface area contributed by atoms with E-state index in [1.165, 1.54) is 0 Å². The molecule has 0 aromatic carbocycles. The van der Waals surface area contributed by atoms with Gasteiger partial charge in [-0.2, -0.15) is 0 Å². The lowest BCUT2D eigenvalue weighted by Gasteiger charge is -2.06. The van der Waals surface area contributed by atoms with Gasteiger partial charge in [-0.25, -0.2) is 4.98 Å². The third-order valence-electron chi connectivity index (χ3n) is 1.84. The number of nitrogens with one attached hydrogen (secondary N) is 1. The molecule has 66 valence electrons. The summed E-state index contributed by atoms with van der Waals surface area (Å²) in [6.45, 7) is 5.33. The molecule has 0 bridgehead atoms. The lowest BCUT2D eigenvalue weighted by molar-refractivity contribution is 0.722. The van der Waals surface area contributed by atoms with E-state index in [1.54, 1.807) is 20.8 Å². The number of aryl methyl sites for hydroxylation is 1. The molecule has 0 amide bonds. The fourth-order valence-corrected chi connectivity index (χ4v) is 0.883. The first-order valence-electron chi connectivity index (χ1n) is 3.85. The van der Waals surface area contributed by atoms with Gasteiger partial charge in [-0.1, -0.05) is 0 Å². The SMILES string of the molecule is Cc1nc(C(C)N)[nH]c(=O)c1C. The molecular formula is C8H13N3O. The highest BCUT2D eigenvalue weighted by molar-refractivity contribution is 5.14. The molecular weight excluding hydrogens is 154 g/mol. The monoisotopic (exact) mass is 167 g/mol. The summed E-state index contributed by atoms with van der Waals surface area (Å²) in [6.07, 6.45) is 0. The predicted octanol–water partition coefficient (Wildman–Crippen LogP) is 0.406. The molecule has 12 heavy (non-hydrogen) atoms. The quantitative estimate of drug-likeness (QED) is 0.636. The van der Waals surface area contributed by atoms with Gasteiger partial charge in [0.1, 0.15) is 5.82 Å². The normalized spacial score (nSPS) is 13.0. The number of aromatic amines is 1. The number of hydrogen-bond donors (Lipinski definition) is 2. The lowest BCUT2D eigenvalue weighted by atomic mass is 10.2. The molecule has 0 saturated heterocycles. The van der Waals surface area contributed by atoms with Crippen molar-refractivity contribution in [2.24, 2.45) is 5.73 Å². The van der Waals surface area contributed by atoms with Crippen molar-refractivity contribution in [3.05, 3.63) is 27.4 Å². The van der Waals surface area contributed by atoms with Crippen LogP contribution in [-0.4, -0.2) is 9.97 Å². The van der Waals surface area contributed by atoms with Gasteiger partial charge in [0.2, 0.25) is 0 Å². The Kier molecular flexibility index (Phi) is 2.28. The van der Waals surface area contributed by atoms with Gasteiger partial charge in [0.25, 0.3) is 5.56 Å². The van der Waals surface area contributed by atoms with Crippen molar-refractivity contribution in [1.29, 1.82) is 0 Å². The smallest absolute Gasteiger partial charge is 0.254 e. The molecule has 4 heteroatoms. The average molecular weight is 167 g/mol. The highest BCUT2D eigenvalue weighted by Crippen LogP contribution is 2.02. The van der Waals surface area contributed by atoms with Crippen LogP contribution in [0.1, 0.15) is 30.0 Å². The van der Waals surface area contributed by atoms with Gasteiger partial charge in [-0.15, -0.1) is 0 Å². The predicted molar refractivity (Wildman–Crippen MR) is 46.9 cm³/mol. The lowest BCUT2D eigenvalue weighted by Crippen LogP contribution is -2.20. The number of aromatic nitrogens is 2. The number of nitrogens with two attached hydrogens (primary N) is 1. The molecule has 3 N–H and O–H groups in total. The molecule has 1 aromatic rings. The first-order valence-corrected chi connectivity index (χ1v) is 3.85. The summed E-state index contributed by atoms with van der Waals surface area (Å²) < 4.78 is 0. The molecule has 1 heterocycles. The largest absolute Gasteiger partial charge is 0.322 e. The van der Waals surface area contributed by atoms with E-state index in [1.807, 2.05) is 0 Å². The Hall–Kier alpha value is -1.16. The van der Waals surface area contributed by atoms with Crippen LogP contribution in [0.4, 0.5) is 0 Å². The minimum atomic E-state index is -0.225. The number of nitrogens with zero attached hydrogens (tertiary/aromatic N) is 1. The van der Waals surface area contributed by atoms with Crippen LogP contribution in [0.3, 0.4) is 0 Å². The first kappa shape index (κ1) is 8.93. The maximum absolute atomic E-state index is 11.2. The summed E-state index contributed by atoms with van der Waals surface area (Å²) in [7, 11) is 0. The van der Waals surface area contributed by atoms with Crippen LogP contribution in [0, 0.1) is 13.8 Å². The second-order valence-corrected chi connectivity index (χ2v) is 2.95. The fraction of sp³-hybridized carbons (Fsp3) is 0.500. The van der Waals surface area contributed by atoms with Gasteiger partial charge in [0.05, 0.1) is 6.04 Å². The van der Waals surface area contributed by atoms with Crippen LogP contribution in [0.5, 0.6) is 0 Å². The molecule has 0 fully saturated rings. The average Bonchev–Trinajstić information content (AvgIpc) is 1.99. The van der Waals surface area contributed by atoms with Crippen molar-refractivity contribution < 1.29 is 0 Å². The fourth-order valence-electron chi connectivity index (χ4n) is 0.883. The molecule has 1 aromatic heterocycles. The Morgan fingerprint density at radius 3 is 2.50 bits per heavy atom. The van der Waals surface area contributed by atoms with Gasteiger partial charge in [-0.05, 0) is 20.8 Å². The van der Waals surface area contributed by atoms with Gasteiger partial charge in [0.15, 0.2) is 0 Å². The van der Waals surface area contributed by atoms with Crippen molar-refractivity contribution in [3.8, 4) is 0 Å². The molecule has 0 aliphatic rings. The van der Waals surface area contributed by atoms with E-state index in [9.17, 15) is 4.79 Å². The molecule has 1 unspecified atom stereocenters.